The Morgan fingerprint density at radius 1 is 0.308 bits per heavy atom. The van der Waals surface area contributed by atoms with Crippen LogP contribution < -0.4 is 0 Å². The molecule has 6 heteroatoms. The minimum Gasteiger partial charge on any atom is -0.462 e. The van der Waals surface area contributed by atoms with Gasteiger partial charge in [0.1, 0.15) is 13.2 Å². The molecule has 0 aliphatic rings. The van der Waals surface area contributed by atoms with E-state index in [1.807, 2.05) is 0 Å². The summed E-state index contributed by atoms with van der Waals surface area (Å²) in [7, 11) is 0. The quantitative estimate of drug-likeness (QED) is 0.0344. The van der Waals surface area contributed by atoms with Crippen molar-refractivity contribution in [2.75, 3.05) is 13.2 Å². The van der Waals surface area contributed by atoms with E-state index >= 15 is 0 Å². The first-order chi connectivity index (χ1) is 31.6. The minimum atomic E-state index is -0.764. The Morgan fingerprint density at radius 3 is 0.800 bits per heavy atom. The number of esters is 3. The van der Waals surface area contributed by atoms with E-state index in [1.54, 1.807) is 0 Å². The van der Waals surface area contributed by atoms with Gasteiger partial charge < -0.3 is 14.2 Å². The maximum atomic E-state index is 12.9. The molecule has 0 aromatic rings. The Labute approximate surface area is 406 Å². The lowest BCUT2D eigenvalue weighted by atomic mass is 9.99. The van der Waals surface area contributed by atoms with Gasteiger partial charge >= 0.3 is 17.9 Å². The van der Waals surface area contributed by atoms with Crippen LogP contribution >= 0.6 is 0 Å². The molecule has 0 aliphatic carbocycles. The summed E-state index contributed by atoms with van der Waals surface area (Å²) in [6.07, 6.45) is 52.3. The molecule has 0 bridgehead atoms. The molecule has 0 rings (SSSR count). The zero-order valence-corrected chi connectivity index (χ0v) is 44.8. The summed E-state index contributed by atoms with van der Waals surface area (Å²) < 4.78 is 16.9. The van der Waals surface area contributed by atoms with E-state index in [9.17, 15) is 14.4 Å². The van der Waals surface area contributed by atoms with Gasteiger partial charge in [-0.3, -0.25) is 14.4 Å². The molecule has 6 nitrogen and oxygen atoms in total. The van der Waals surface area contributed by atoms with Crippen LogP contribution in [0.3, 0.4) is 0 Å². The number of ether oxygens (including phenoxy) is 3. The van der Waals surface area contributed by atoms with E-state index in [2.05, 4.69) is 41.5 Å². The van der Waals surface area contributed by atoms with Crippen LogP contribution in [0.5, 0.6) is 0 Å². The molecule has 1 unspecified atom stereocenters. The lowest BCUT2D eigenvalue weighted by molar-refractivity contribution is -0.167. The highest BCUT2D eigenvalue weighted by molar-refractivity contribution is 5.71. The fourth-order valence-corrected chi connectivity index (χ4v) is 8.97. The third-order valence-electron chi connectivity index (χ3n) is 13.8. The molecular weight excluding hydrogens is 805 g/mol. The monoisotopic (exact) mass is 919 g/mol. The Kier molecular flexibility index (Phi) is 49.1. The van der Waals surface area contributed by atoms with Crippen molar-refractivity contribution in [2.24, 2.45) is 17.8 Å². The fourth-order valence-electron chi connectivity index (χ4n) is 8.97. The third-order valence-corrected chi connectivity index (χ3v) is 13.8. The molecule has 65 heavy (non-hydrogen) atoms. The molecule has 0 aromatic heterocycles. The first-order valence-electron chi connectivity index (χ1n) is 29.1. The van der Waals surface area contributed by atoms with Gasteiger partial charge in [-0.25, -0.2) is 0 Å². The molecule has 0 amide bonds. The van der Waals surface area contributed by atoms with E-state index in [4.69, 9.17) is 14.2 Å². The summed E-state index contributed by atoms with van der Waals surface area (Å²) in [5, 5.41) is 0. The molecule has 0 saturated carbocycles. The maximum absolute atomic E-state index is 12.9. The molecular formula is C59H114O6. The van der Waals surface area contributed by atoms with Crippen LogP contribution in [-0.2, 0) is 28.6 Å². The number of carbonyl (C=O) groups excluding carboxylic acids is 3. The van der Waals surface area contributed by atoms with Crippen molar-refractivity contribution in [3.05, 3.63) is 0 Å². The van der Waals surface area contributed by atoms with E-state index < -0.39 is 6.10 Å². The molecule has 0 heterocycles. The second kappa shape index (κ2) is 50.3. The van der Waals surface area contributed by atoms with Gasteiger partial charge in [0.05, 0.1) is 0 Å². The summed E-state index contributed by atoms with van der Waals surface area (Å²) in [6, 6.07) is 0. The summed E-state index contributed by atoms with van der Waals surface area (Å²) in [4.78, 5) is 38.2. The molecule has 0 fully saturated rings. The van der Waals surface area contributed by atoms with Gasteiger partial charge in [0.15, 0.2) is 6.10 Å². The average molecular weight is 920 g/mol. The summed E-state index contributed by atoms with van der Waals surface area (Å²) in [6.45, 7) is 13.8. The minimum absolute atomic E-state index is 0.0635. The number of carbonyl (C=O) groups is 3. The van der Waals surface area contributed by atoms with Crippen LogP contribution in [0.2, 0.25) is 0 Å². The Bertz CT molecular complexity index is 1010. The second-order valence-corrected chi connectivity index (χ2v) is 21.5. The smallest absolute Gasteiger partial charge is 0.306 e. The summed E-state index contributed by atoms with van der Waals surface area (Å²) >= 11 is 0. The van der Waals surface area contributed by atoms with Gasteiger partial charge in [0, 0.05) is 19.3 Å². The Hall–Kier alpha value is -1.59. The van der Waals surface area contributed by atoms with Gasteiger partial charge in [0.25, 0.3) is 0 Å². The predicted molar refractivity (Wildman–Crippen MR) is 279 cm³/mol. The maximum Gasteiger partial charge on any atom is 0.306 e. The highest BCUT2D eigenvalue weighted by atomic mass is 16.6. The first-order valence-corrected chi connectivity index (χ1v) is 29.1. The predicted octanol–water partition coefficient (Wildman–Crippen LogP) is 19.1. The molecule has 0 aromatic carbocycles. The SMILES string of the molecule is CCC(C)CCCCCCCCCCCCC(=O)OC[C@H](COC(=O)CCCCCCCCCCCCCCCC(C)C)OC(=O)CCCCCCCCCCCCCCCCC(C)C. The zero-order valence-electron chi connectivity index (χ0n) is 44.8. The standard InChI is InChI=1S/C59H114O6/c1-7-55(6)47-41-35-29-23-19-20-25-31-37-43-49-58(61)64-52-56(51-63-57(60)48-42-36-30-24-17-14-10-12-16-22-28-34-40-46-54(4)5)65-59(62)50-44-38-32-26-18-13-9-8-11-15-21-27-33-39-45-53(2)3/h53-56H,7-52H2,1-6H3/t55?,56-/m0/s1. The summed E-state index contributed by atoms with van der Waals surface area (Å²) in [5.41, 5.74) is 0. The van der Waals surface area contributed by atoms with Crippen molar-refractivity contribution >= 4 is 17.9 Å². The lowest BCUT2D eigenvalue weighted by Gasteiger charge is -2.18. The van der Waals surface area contributed by atoms with Crippen molar-refractivity contribution in [3.8, 4) is 0 Å². The van der Waals surface area contributed by atoms with E-state index in [1.165, 1.54) is 205 Å². The molecule has 2 atom stereocenters. The van der Waals surface area contributed by atoms with Crippen LogP contribution in [-0.4, -0.2) is 37.2 Å². The average Bonchev–Trinajstić information content (AvgIpc) is 3.28. The van der Waals surface area contributed by atoms with Gasteiger partial charge in [0.2, 0.25) is 0 Å². The van der Waals surface area contributed by atoms with Crippen molar-refractivity contribution in [3.63, 3.8) is 0 Å². The lowest BCUT2D eigenvalue weighted by Crippen LogP contribution is -2.30. The number of rotatable bonds is 52. The van der Waals surface area contributed by atoms with Crippen LogP contribution in [0.15, 0.2) is 0 Å². The van der Waals surface area contributed by atoms with Crippen LogP contribution in [0.25, 0.3) is 0 Å². The molecule has 386 valence electrons. The topological polar surface area (TPSA) is 78.9 Å². The summed E-state index contributed by atoms with van der Waals surface area (Å²) in [5.74, 6) is 1.71. The number of hydrogen-bond donors (Lipinski definition) is 0. The molecule has 0 N–H and O–H groups in total. The van der Waals surface area contributed by atoms with Crippen molar-refractivity contribution in [1.82, 2.24) is 0 Å². The normalized spacial score (nSPS) is 12.6. The van der Waals surface area contributed by atoms with Crippen LogP contribution in [0, 0.1) is 17.8 Å². The van der Waals surface area contributed by atoms with E-state index in [0.717, 1.165) is 75.5 Å². The van der Waals surface area contributed by atoms with E-state index in [-0.39, 0.29) is 31.1 Å². The largest absolute Gasteiger partial charge is 0.462 e. The third kappa shape index (κ3) is 51.6. The highest BCUT2D eigenvalue weighted by Gasteiger charge is 2.19. The Balaban J connectivity index is 4.31. The molecule has 0 spiro atoms. The second-order valence-electron chi connectivity index (χ2n) is 21.5. The molecule has 0 radical (unpaired) electrons. The van der Waals surface area contributed by atoms with Gasteiger partial charge in [-0.05, 0) is 37.0 Å². The number of hydrogen-bond acceptors (Lipinski definition) is 6. The fraction of sp³-hybridized carbons (Fsp3) is 0.949. The van der Waals surface area contributed by atoms with Crippen molar-refractivity contribution in [1.29, 1.82) is 0 Å². The zero-order chi connectivity index (χ0) is 47.7. The van der Waals surface area contributed by atoms with Crippen molar-refractivity contribution < 1.29 is 28.6 Å². The molecule has 0 aliphatic heterocycles. The van der Waals surface area contributed by atoms with Gasteiger partial charge in [-0.1, -0.05) is 286 Å². The van der Waals surface area contributed by atoms with Gasteiger partial charge in [-0.2, -0.15) is 0 Å². The van der Waals surface area contributed by atoms with Crippen molar-refractivity contribution in [2.45, 2.75) is 330 Å². The number of unbranched alkanes of at least 4 members (excludes halogenated alkanes) is 34. The Morgan fingerprint density at radius 2 is 0.538 bits per heavy atom. The highest BCUT2D eigenvalue weighted by Crippen LogP contribution is 2.19. The van der Waals surface area contributed by atoms with Crippen LogP contribution in [0.1, 0.15) is 324 Å². The molecule has 0 saturated heterocycles. The first kappa shape index (κ1) is 63.4. The van der Waals surface area contributed by atoms with Crippen LogP contribution in [0.4, 0.5) is 0 Å². The van der Waals surface area contributed by atoms with Gasteiger partial charge in [-0.15, -0.1) is 0 Å². The van der Waals surface area contributed by atoms with E-state index in [0.29, 0.717) is 19.3 Å².